The van der Waals surface area contributed by atoms with E-state index in [2.05, 4.69) is 20.1 Å². The summed E-state index contributed by atoms with van der Waals surface area (Å²) in [6.07, 6.45) is 3.31. The Morgan fingerprint density at radius 1 is 0.966 bits per heavy atom. The van der Waals surface area contributed by atoms with Gasteiger partial charge in [-0.2, -0.15) is 5.10 Å². The zero-order valence-electron chi connectivity index (χ0n) is 15.6. The molecule has 0 saturated heterocycles. The van der Waals surface area contributed by atoms with Crippen LogP contribution in [0, 0.1) is 6.92 Å². The molecule has 0 aliphatic carbocycles. The molecule has 0 spiro atoms. The van der Waals surface area contributed by atoms with Crippen LogP contribution < -0.4 is 16.2 Å². The van der Waals surface area contributed by atoms with E-state index in [1.807, 2.05) is 43.3 Å². The van der Waals surface area contributed by atoms with E-state index in [1.165, 1.54) is 6.33 Å². The van der Waals surface area contributed by atoms with Crippen LogP contribution in [0.3, 0.4) is 0 Å². The fourth-order valence-electron chi connectivity index (χ4n) is 3.19. The molecule has 4 N–H and O–H groups in total. The predicted octanol–water partition coefficient (Wildman–Crippen LogP) is 3.60. The molecule has 5 rings (SSSR count). The summed E-state index contributed by atoms with van der Waals surface area (Å²) in [5.74, 6) is 2.38. The molecule has 8 nitrogen and oxygen atoms in total. The van der Waals surface area contributed by atoms with Crippen molar-refractivity contribution in [2.75, 3.05) is 11.5 Å². The van der Waals surface area contributed by atoms with Gasteiger partial charge in [0.1, 0.15) is 23.6 Å². The molecule has 3 aromatic heterocycles. The van der Waals surface area contributed by atoms with Crippen LogP contribution in [0.4, 0.5) is 11.5 Å². The molecular weight excluding hydrogens is 366 g/mol. The van der Waals surface area contributed by atoms with Gasteiger partial charge in [0, 0.05) is 28.9 Å². The van der Waals surface area contributed by atoms with Crippen molar-refractivity contribution in [3.8, 4) is 22.9 Å². The minimum atomic E-state index is 0.400. The van der Waals surface area contributed by atoms with E-state index in [0.717, 1.165) is 33.4 Å². The van der Waals surface area contributed by atoms with Crippen LogP contribution in [0.1, 0.15) is 5.56 Å². The van der Waals surface area contributed by atoms with Gasteiger partial charge < -0.3 is 16.2 Å². The van der Waals surface area contributed by atoms with Gasteiger partial charge in [0.15, 0.2) is 11.5 Å². The second kappa shape index (κ2) is 6.45. The summed E-state index contributed by atoms with van der Waals surface area (Å²) in [5, 5.41) is 4.83. The number of nitrogens with two attached hydrogens (primary N) is 2. The summed E-state index contributed by atoms with van der Waals surface area (Å²) in [7, 11) is 0. The van der Waals surface area contributed by atoms with Gasteiger partial charge in [-0.3, -0.25) is 0 Å². The minimum absolute atomic E-state index is 0.400. The average Bonchev–Trinajstić information content (AvgIpc) is 3.18. The molecule has 0 unspecified atom stereocenters. The summed E-state index contributed by atoms with van der Waals surface area (Å²) in [4.78, 5) is 13.2. The smallest absolute Gasteiger partial charge is 0.162 e. The van der Waals surface area contributed by atoms with Gasteiger partial charge in [0.05, 0.1) is 5.52 Å². The van der Waals surface area contributed by atoms with E-state index in [0.29, 0.717) is 23.1 Å². The van der Waals surface area contributed by atoms with Crippen LogP contribution in [-0.4, -0.2) is 24.6 Å². The molecule has 142 valence electrons. The van der Waals surface area contributed by atoms with Crippen LogP contribution >= 0.6 is 0 Å². The average molecular weight is 383 g/mol. The maximum atomic E-state index is 6.13. The highest BCUT2D eigenvalue weighted by atomic mass is 16.5. The lowest BCUT2D eigenvalue weighted by Gasteiger charge is -2.11. The number of ether oxygens (including phenoxy) is 1. The predicted molar refractivity (Wildman–Crippen MR) is 112 cm³/mol. The number of hydrogen-bond donors (Lipinski definition) is 2. The Kier molecular flexibility index (Phi) is 3.77. The summed E-state index contributed by atoms with van der Waals surface area (Å²) in [5.41, 5.74) is 15.9. The van der Waals surface area contributed by atoms with Crippen molar-refractivity contribution in [1.82, 2.24) is 24.6 Å². The Hall–Kier alpha value is -4.20. The van der Waals surface area contributed by atoms with Crippen molar-refractivity contribution in [1.29, 1.82) is 0 Å². The molecule has 2 aromatic carbocycles. The Morgan fingerprint density at radius 2 is 1.86 bits per heavy atom. The molecule has 0 aliphatic rings. The molecule has 5 aromatic rings. The van der Waals surface area contributed by atoms with Crippen molar-refractivity contribution < 1.29 is 4.74 Å². The van der Waals surface area contributed by atoms with Crippen LogP contribution in [0.25, 0.3) is 27.9 Å². The summed E-state index contributed by atoms with van der Waals surface area (Å²) in [6, 6.07) is 14.9. The largest absolute Gasteiger partial charge is 0.457 e. The van der Waals surface area contributed by atoms with Crippen molar-refractivity contribution >= 4 is 28.1 Å². The summed E-state index contributed by atoms with van der Waals surface area (Å²) in [6.45, 7) is 1.97. The highest BCUT2D eigenvalue weighted by molar-refractivity contribution is 5.91. The van der Waals surface area contributed by atoms with Crippen molar-refractivity contribution in [3.63, 3.8) is 0 Å². The number of hydrogen-bond acceptors (Lipinski definition) is 7. The molecule has 0 radical (unpaired) electrons. The first-order valence-electron chi connectivity index (χ1n) is 8.98. The third-order valence-electron chi connectivity index (χ3n) is 4.66. The third-order valence-corrected chi connectivity index (χ3v) is 4.66. The van der Waals surface area contributed by atoms with E-state index in [1.54, 1.807) is 22.8 Å². The van der Waals surface area contributed by atoms with Crippen molar-refractivity contribution in [3.05, 3.63) is 66.6 Å². The quantitative estimate of drug-likeness (QED) is 0.457. The van der Waals surface area contributed by atoms with Gasteiger partial charge in [0.2, 0.25) is 0 Å². The van der Waals surface area contributed by atoms with E-state index in [9.17, 15) is 0 Å². The first-order chi connectivity index (χ1) is 14.1. The van der Waals surface area contributed by atoms with Crippen molar-refractivity contribution in [2.24, 2.45) is 0 Å². The molecule has 0 fully saturated rings. The fraction of sp³-hybridized carbons (Fsp3) is 0.0476. The Labute approximate surface area is 165 Å². The number of pyridine rings is 1. The van der Waals surface area contributed by atoms with Gasteiger partial charge in [-0.15, -0.1) is 0 Å². The SMILES string of the molecule is Cc1cc(-c2nc(N)c3cc(N)ccc3n2)ccc1Oc1ccn2ncnc2c1. The lowest BCUT2D eigenvalue weighted by Crippen LogP contribution is -1.99. The first-order valence-corrected chi connectivity index (χ1v) is 8.98. The number of aryl methyl sites for hydroxylation is 1. The normalized spacial score (nSPS) is 11.2. The Bertz CT molecular complexity index is 1380. The van der Waals surface area contributed by atoms with Crippen LogP contribution in [-0.2, 0) is 0 Å². The topological polar surface area (TPSA) is 117 Å². The first kappa shape index (κ1) is 16.9. The molecule has 3 heterocycles. The highest BCUT2D eigenvalue weighted by Gasteiger charge is 2.11. The van der Waals surface area contributed by atoms with E-state index in [-0.39, 0.29) is 0 Å². The number of nitrogen functional groups attached to an aromatic ring is 2. The van der Waals surface area contributed by atoms with Crippen molar-refractivity contribution in [2.45, 2.75) is 6.92 Å². The Morgan fingerprint density at radius 3 is 2.72 bits per heavy atom. The van der Waals surface area contributed by atoms with Crippen LogP contribution in [0.2, 0.25) is 0 Å². The number of aromatic nitrogens is 5. The maximum Gasteiger partial charge on any atom is 0.162 e. The van der Waals surface area contributed by atoms with Gasteiger partial charge >= 0.3 is 0 Å². The standard InChI is InChI=1S/C21H17N7O/c1-12-8-13(21-26-17-4-3-14(22)9-16(17)20(23)27-21)2-5-18(12)29-15-6-7-28-19(10-15)24-11-25-28/h2-11H,22H2,1H3,(H2,23,26,27). The van der Waals surface area contributed by atoms with E-state index >= 15 is 0 Å². The lowest BCUT2D eigenvalue weighted by atomic mass is 10.1. The van der Waals surface area contributed by atoms with Gasteiger partial charge in [0.25, 0.3) is 0 Å². The molecule has 0 saturated carbocycles. The second-order valence-corrected chi connectivity index (χ2v) is 6.72. The van der Waals surface area contributed by atoms with E-state index < -0.39 is 0 Å². The van der Waals surface area contributed by atoms with Crippen LogP contribution in [0.15, 0.2) is 61.1 Å². The molecule has 8 heteroatoms. The number of anilines is 2. The summed E-state index contributed by atoms with van der Waals surface area (Å²) >= 11 is 0. The van der Waals surface area contributed by atoms with E-state index in [4.69, 9.17) is 16.2 Å². The summed E-state index contributed by atoms with van der Waals surface area (Å²) < 4.78 is 7.70. The molecule has 0 amide bonds. The van der Waals surface area contributed by atoms with Gasteiger partial charge in [-0.1, -0.05) is 0 Å². The van der Waals surface area contributed by atoms with Gasteiger partial charge in [-0.05, 0) is 55.0 Å². The second-order valence-electron chi connectivity index (χ2n) is 6.72. The molecule has 29 heavy (non-hydrogen) atoms. The molecule has 0 aliphatic heterocycles. The number of fused-ring (bicyclic) bond motifs is 2. The lowest BCUT2D eigenvalue weighted by molar-refractivity contribution is 0.478. The Balaban J connectivity index is 1.49. The monoisotopic (exact) mass is 383 g/mol. The molecular formula is C21H17N7O. The maximum absolute atomic E-state index is 6.13. The zero-order valence-corrected chi connectivity index (χ0v) is 15.6. The highest BCUT2D eigenvalue weighted by Crippen LogP contribution is 2.30. The third kappa shape index (κ3) is 3.06. The fourth-order valence-corrected chi connectivity index (χ4v) is 3.19. The molecule has 0 atom stereocenters. The van der Waals surface area contributed by atoms with Crippen LogP contribution in [0.5, 0.6) is 11.5 Å². The minimum Gasteiger partial charge on any atom is -0.457 e. The number of rotatable bonds is 3. The zero-order chi connectivity index (χ0) is 20.0. The number of nitrogens with zero attached hydrogens (tertiary/aromatic N) is 5. The van der Waals surface area contributed by atoms with Gasteiger partial charge in [-0.25, -0.2) is 19.5 Å². The number of benzene rings is 2. The molecule has 0 bridgehead atoms.